The molecule has 0 N–H and O–H groups in total. The summed E-state index contributed by atoms with van der Waals surface area (Å²) in [7, 11) is 0. The lowest BCUT2D eigenvalue weighted by Crippen LogP contribution is -2.49. The van der Waals surface area contributed by atoms with Crippen LogP contribution >= 0.6 is 15.9 Å². The maximum atomic E-state index is 12.7. The van der Waals surface area contributed by atoms with Gasteiger partial charge in [0.1, 0.15) is 5.75 Å². The summed E-state index contributed by atoms with van der Waals surface area (Å²) in [5.74, 6) is 1.66. The van der Waals surface area contributed by atoms with Gasteiger partial charge in [-0.05, 0) is 65.3 Å². The fourth-order valence-corrected chi connectivity index (χ4v) is 3.75. The molecule has 154 valence electrons. The van der Waals surface area contributed by atoms with Gasteiger partial charge in [0.15, 0.2) is 5.82 Å². The zero-order chi connectivity index (χ0) is 20.9. The smallest absolute Gasteiger partial charge is 0.255 e. The Morgan fingerprint density at radius 3 is 2.43 bits per heavy atom. The van der Waals surface area contributed by atoms with Crippen LogP contribution < -0.4 is 9.64 Å². The predicted molar refractivity (Wildman–Crippen MR) is 119 cm³/mol. The predicted octanol–water partition coefficient (Wildman–Crippen LogP) is 3.66. The van der Waals surface area contributed by atoms with Gasteiger partial charge in [-0.3, -0.25) is 9.78 Å². The zero-order valence-electron chi connectivity index (χ0n) is 16.7. The minimum Gasteiger partial charge on any atom is -0.494 e. The maximum Gasteiger partial charge on any atom is 0.255 e. The van der Waals surface area contributed by atoms with Crippen molar-refractivity contribution in [3.05, 3.63) is 64.9 Å². The number of halogens is 1. The van der Waals surface area contributed by atoms with Gasteiger partial charge in [0.25, 0.3) is 5.91 Å². The third-order valence-electron chi connectivity index (χ3n) is 4.95. The third-order valence-corrected chi connectivity index (χ3v) is 5.39. The highest BCUT2D eigenvalue weighted by Gasteiger charge is 2.23. The highest BCUT2D eigenvalue weighted by molar-refractivity contribution is 9.10. The standard InChI is InChI=1S/C22H22BrN5O2/c1-2-30-19-5-3-16(4-6-19)20-7-8-21(26-25-20)27-9-11-28(12-10-27)22(29)17-13-18(23)15-24-14-17/h3-8,13-15H,2,9-12H2,1H3. The average Bonchev–Trinajstić information content (AvgIpc) is 2.80. The van der Waals surface area contributed by atoms with Gasteiger partial charge in [-0.25, -0.2) is 0 Å². The van der Waals surface area contributed by atoms with E-state index in [1.54, 1.807) is 18.5 Å². The number of hydrogen-bond donors (Lipinski definition) is 0. The van der Waals surface area contributed by atoms with Gasteiger partial charge < -0.3 is 14.5 Å². The molecule has 4 rings (SSSR count). The molecule has 0 spiro atoms. The Kier molecular flexibility index (Phi) is 6.23. The summed E-state index contributed by atoms with van der Waals surface area (Å²) in [6, 6.07) is 13.6. The first kappa shape index (κ1) is 20.3. The van der Waals surface area contributed by atoms with Crippen molar-refractivity contribution in [2.75, 3.05) is 37.7 Å². The summed E-state index contributed by atoms with van der Waals surface area (Å²) >= 11 is 3.36. The minimum atomic E-state index is 0.000353. The summed E-state index contributed by atoms with van der Waals surface area (Å²) in [5, 5.41) is 8.79. The van der Waals surface area contributed by atoms with E-state index < -0.39 is 0 Å². The van der Waals surface area contributed by atoms with E-state index in [1.165, 1.54) is 0 Å². The first-order valence-electron chi connectivity index (χ1n) is 9.86. The molecule has 0 unspecified atom stereocenters. The second-order valence-electron chi connectivity index (χ2n) is 6.91. The van der Waals surface area contributed by atoms with E-state index in [0.29, 0.717) is 38.3 Å². The fourth-order valence-electron chi connectivity index (χ4n) is 3.39. The first-order chi connectivity index (χ1) is 14.6. The number of rotatable bonds is 5. The fraction of sp³-hybridized carbons (Fsp3) is 0.273. The topological polar surface area (TPSA) is 71.5 Å². The van der Waals surface area contributed by atoms with E-state index in [1.807, 2.05) is 48.2 Å². The summed E-state index contributed by atoms with van der Waals surface area (Å²) in [4.78, 5) is 20.8. The minimum absolute atomic E-state index is 0.000353. The van der Waals surface area contributed by atoms with E-state index >= 15 is 0 Å². The number of carbonyl (C=O) groups excluding carboxylic acids is 1. The van der Waals surface area contributed by atoms with Crippen molar-refractivity contribution in [1.29, 1.82) is 0 Å². The number of benzene rings is 1. The average molecular weight is 468 g/mol. The van der Waals surface area contributed by atoms with Crippen molar-refractivity contribution >= 4 is 27.7 Å². The number of amides is 1. The Labute approximate surface area is 183 Å². The van der Waals surface area contributed by atoms with E-state index in [2.05, 4.69) is 36.0 Å². The molecule has 1 fully saturated rings. The molecule has 8 heteroatoms. The van der Waals surface area contributed by atoms with Crippen LogP contribution in [-0.2, 0) is 0 Å². The molecule has 1 aromatic carbocycles. The molecule has 2 aromatic heterocycles. The van der Waals surface area contributed by atoms with Crippen molar-refractivity contribution < 1.29 is 9.53 Å². The molecule has 1 amide bonds. The van der Waals surface area contributed by atoms with E-state index in [-0.39, 0.29) is 5.91 Å². The van der Waals surface area contributed by atoms with Gasteiger partial charge in [-0.2, -0.15) is 0 Å². The van der Waals surface area contributed by atoms with Gasteiger partial charge in [-0.15, -0.1) is 10.2 Å². The van der Waals surface area contributed by atoms with Gasteiger partial charge >= 0.3 is 0 Å². The van der Waals surface area contributed by atoms with Gasteiger partial charge in [-0.1, -0.05) is 0 Å². The van der Waals surface area contributed by atoms with Crippen LogP contribution in [0.15, 0.2) is 59.3 Å². The summed E-state index contributed by atoms with van der Waals surface area (Å²) in [6.45, 7) is 5.30. The van der Waals surface area contributed by atoms with Crippen LogP contribution in [0.4, 0.5) is 5.82 Å². The number of hydrogen-bond acceptors (Lipinski definition) is 6. The van der Waals surface area contributed by atoms with Crippen LogP contribution in [0.2, 0.25) is 0 Å². The lowest BCUT2D eigenvalue weighted by molar-refractivity contribution is 0.0746. The molecule has 3 heterocycles. The number of aromatic nitrogens is 3. The number of carbonyl (C=O) groups is 1. The van der Waals surface area contributed by atoms with E-state index in [9.17, 15) is 4.79 Å². The Morgan fingerprint density at radius 1 is 1.03 bits per heavy atom. The number of anilines is 1. The largest absolute Gasteiger partial charge is 0.494 e. The van der Waals surface area contributed by atoms with Gasteiger partial charge in [0.05, 0.1) is 17.9 Å². The summed E-state index contributed by atoms with van der Waals surface area (Å²) in [5.41, 5.74) is 2.41. The molecular formula is C22H22BrN5O2. The normalized spacial score (nSPS) is 13.9. The van der Waals surface area contributed by atoms with Crippen molar-refractivity contribution in [3.8, 4) is 17.0 Å². The van der Waals surface area contributed by atoms with Crippen molar-refractivity contribution in [2.45, 2.75) is 6.92 Å². The SMILES string of the molecule is CCOc1ccc(-c2ccc(N3CCN(C(=O)c4cncc(Br)c4)CC3)nn2)cc1. The highest BCUT2D eigenvalue weighted by Crippen LogP contribution is 2.22. The van der Waals surface area contributed by atoms with Crippen molar-refractivity contribution in [2.24, 2.45) is 0 Å². The molecule has 0 bridgehead atoms. The molecule has 1 aliphatic rings. The molecule has 0 saturated carbocycles. The lowest BCUT2D eigenvalue weighted by Gasteiger charge is -2.35. The summed E-state index contributed by atoms with van der Waals surface area (Å²) < 4.78 is 6.28. The van der Waals surface area contributed by atoms with Crippen LogP contribution in [0.25, 0.3) is 11.3 Å². The number of nitrogens with zero attached hydrogens (tertiary/aromatic N) is 5. The second-order valence-corrected chi connectivity index (χ2v) is 7.82. The molecule has 0 aliphatic carbocycles. The molecular weight excluding hydrogens is 446 g/mol. The second kappa shape index (κ2) is 9.21. The molecule has 0 atom stereocenters. The molecule has 0 radical (unpaired) electrons. The third kappa shape index (κ3) is 4.59. The summed E-state index contributed by atoms with van der Waals surface area (Å²) in [6.07, 6.45) is 3.27. The van der Waals surface area contributed by atoms with Crippen LogP contribution in [0.5, 0.6) is 5.75 Å². The Hall–Kier alpha value is -3.00. The van der Waals surface area contributed by atoms with Crippen LogP contribution in [0.3, 0.4) is 0 Å². The number of ether oxygens (including phenoxy) is 1. The van der Waals surface area contributed by atoms with Gasteiger partial charge in [0.2, 0.25) is 0 Å². The van der Waals surface area contributed by atoms with Crippen LogP contribution in [-0.4, -0.2) is 58.8 Å². The van der Waals surface area contributed by atoms with E-state index in [0.717, 1.165) is 27.3 Å². The Morgan fingerprint density at radius 2 is 1.80 bits per heavy atom. The number of pyridine rings is 1. The monoisotopic (exact) mass is 467 g/mol. The molecule has 1 saturated heterocycles. The Balaban J connectivity index is 1.37. The first-order valence-corrected chi connectivity index (χ1v) is 10.6. The van der Waals surface area contributed by atoms with E-state index in [4.69, 9.17) is 4.74 Å². The lowest BCUT2D eigenvalue weighted by atomic mass is 10.1. The Bertz CT molecular complexity index is 1000. The zero-order valence-corrected chi connectivity index (χ0v) is 18.2. The molecule has 3 aromatic rings. The van der Waals surface area contributed by atoms with Crippen LogP contribution in [0, 0.1) is 0 Å². The van der Waals surface area contributed by atoms with Gasteiger partial charge in [0, 0.05) is 48.6 Å². The quantitative estimate of drug-likeness (QED) is 0.569. The molecule has 1 aliphatic heterocycles. The molecule has 7 nitrogen and oxygen atoms in total. The molecule has 30 heavy (non-hydrogen) atoms. The number of piperazine rings is 1. The highest BCUT2D eigenvalue weighted by atomic mass is 79.9. The van der Waals surface area contributed by atoms with Crippen LogP contribution in [0.1, 0.15) is 17.3 Å². The van der Waals surface area contributed by atoms with Crippen molar-refractivity contribution in [1.82, 2.24) is 20.1 Å². The van der Waals surface area contributed by atoms with Crippen molar-refractivity contribution in [3.63, 3.8) is 0 Å². The maximum absolute atomic E-state index is 12.7.